The predicted octanol–water partition coefficient (Wildman–Crippen LogP) is -0.351. The second kappa shape index (κ2) is 18.3. The van der Waals surface area contributed by atoms with E-state index < -0.39 is 6.67 Å². The smallest absolute Gasteiger partial charge is 0.290 e. The van der Waals surface area contributed by atoms with E-state index in [4.69, 9.17) is 15.0 Å². The zero-order chi connectivity index (χ0) is 6.12. The third kappa shape index (κ3) is 467. The topological polar surface area (TPSA) is 57.5 Å². The fourth-order valence-electron chi connectivity index (χ4n) is 0. The summed E-state index contributed by atoms with van der Waals surface area (Å²) in [5.74, 6) is 0. The van der Waals surface area contributed by atoms with Gasteiger partial charge < -0.3 is 10.2 Å². The highest BCUT2D eigenvalue weighted by Gasteiger charge is 1.61. The summed E-state index contributed by atoms with van der Waals surface area (Å²) in [6, 6.07) is 0. The Morgan fingerprint density at radius 1 is 1.71 bits per heavy atom. The maximum Gasteiger partial charge on any atom is 0.290 e. The molecule has 0 aromatic rings. The highest BCUT2D eigenvalue weighted by atomic mass is 19.1. The lowest BCUT2D eigenvalue weighted by Crippen LogP contribution is -1.77. The zero-order valence-corrected chi connectivity index (χ0v) is 3.67. The third-order valence-electron chi connectivity index (χ3n) is 0.0845. The molecule has 0 unspecified atom stereocenters. The molecule has 0 heterocycles. The molecule has 0 bridgehead atoms. The van der Waals surface area contributed by atoms with Crippen molar-refractivity contribution >= 4 is 6.47 Å². The summed E-state index contributed by atoms with van der Waals surface area (Å²) < 4.78 is 10.5. The molecule has 0 rings (SSSR count). The van der Waals surface area contributed by atoms with Gasteiger partial charge in [0.05, 0.1) is 6.61 Å². The number of aliphatic hydroxyl groups is 1. The third-order valence-corrected chi connectivity index (χ3v) is 0.0845. The van der Waals surface area contributed by atoms with Crippen molar-refractivity contribution in [2.24, 2.45) is 0 Å². The van der Waals surface area contributed by atoms with Gasteiger partial charge in [0.2, 0.25) is 0 Å². The van der Waals surface area contributed by atoms with Gasteiger partial charge >= 0.3 is 0 Å². The monoisotopic (exact) mass is 110 g/mol. The molecule has 0 aliphatic rings. The van der Waals surface area contributed by atoms with Crippen LogP contribution in [0.15, 0.2) is 0 Å². The van der Waals surface area contributed by atoms with Crippen molar-refractivity contribution < 1.29 is 19.4 Å². The molecular formula is C3H7FO3. The number of halogens is 1. The molecular weight excluding hydrogens is 103 g/mol. The Morgan fingerprint density at radius 3 is 1.86 bits per heavy atom. The number of carboxylic acid groups (broad SMARTS) is 1. The van der Waals surface area contributed by atoms with Gasteiger partial charge in [0.1, 0.15) is 6.67 Å². The second-order valence-electron chi connectivity index (χ2n) is 0.518. The molecule has 0 aromatic heterocycles. The Bertz CT molecular complexity index is 29.4. The van der Waals surface area contributed by atoms with Gasteiger partial charge in [-0.1, -0.05) is 0 Å². The van der Waals surface area contributed by atoms with E-state index in [-0.39, 0.29) is 13.1 Å². The van der Waals surface area contributed by atoms with Crippen LogP contribution in [0.2, 0.25) is 0 Å². The summed E-state index contributed by atoms with van der Waals surface area (Å²) in [5.41, 5.74) is 0. The van der Waals surface area contributed by atoms with Gasteiger partial charge in [-0.15, -0.1) is 0 Å². The van der Waals surface area contributed by atoms with E-state index in [9.17, 15) is 4.39 Å². The van der Waals surface area contributed by atoms with Crippen molar-refractivity contribution in [3.8, 4) is 0 Å². The van der Waals surface area contributed by atoms with Gasteiger partial charge in [0.15, 0.2) is 0 Å². The van der Waals surface area contributed by atoms with Crippen LogP contribution in [-0.4, -0.2) is 30.0 Å². The highest BCUT2D eigenvalue weighted by Crippen LogP contribution is 1.54. The van der Waals surface area contributed by atoms with Gasteiger partial charge in [0, 0.05) is 0 Å². The molecule has 0 saturated heterocycles. The minimum Gasteiger partial charge on any atom is -0.483 e. The summed E-state index contributed by atoms with van der Waals surface area (Å²) in [6.45, 7) is -1.22. The Balaban J connectivity index is 0. The SMILES string of the molecule is O=CO.OCCF. The van der Waals surface area contributed by atoms with Crippen LogP contribution < -0.4 is 0 Å². The fraction of sp³-hybridized carbons (Fsp3) is 0.667. The van der Waals surface area contributed by atoms with Crippen molar-refractivity contribution in [3.05, 3.63) is 0 Å². The van der Waals surface area contributed by atoms with Crippen LogP contribution in [0.5, 0.6) is 0 Å². The van der Waals surface area contributed by atoms with Crippen molar-refractivity contribution in [3.63, 3.8) is 0 Å². The van der Waals surface area contributed by atoms with E-state index in [1.165, 1.54) is 0 Å². The summed E-state index contributed by atoms with van der Waals surface area (Å²) in [6.07, 6.45) is 0. The number of carbonyl (C=O) groups is 1. The molecule has 0 fully saturated rings. The largest absolute Gasteiger partial charge is 0.483 e. The van der Waals surface area contributed by atoms with E-state index >= 15 is 0 Å². The number of aliphatic hydroxyl groups excluding tert-OH is 1. The molecule has 0 aliphatic carbocycles. The Labute approximate surface area is 40.4 Å². The molecule has 2 N–H and O–H groups in total. The second-order valence-corrected chi connectivity index (χ2v) is 0.518. The van der Waals surface area contributed by atoms with Crippen molar-refractivity contribution in [1.29, 1.82) is 0 Å². The van der Waals surface area contributed by atoms with E-state index in [1.807, 2.05) is 0 Å². The lowest BCUT2D eigenvalue weighted by atomic mass is 10.9. The number of hydrogen-bond donors (Lipinski definition) is 2. The van der Waals surface area contributed by atoms with Crippen molar-refractivity contribution in [2.45, 2.75) is 0 Å². The molecule has 0 spiro atoms. The average molecular weight is 110 g/mol. The Kier molecular flexibility index (Phi) is 25.1. The van der Waals surface area contributed by atoms with Crippen LogP contribution in [-0.2, 0) is 4.79 Å². The predicted molar refractivity (Wildman–Crippen MR) is 21.8 cm³/mol. The van der Waals surface area contributed by atoms with E-state index in [0.717, 1.165) is 0 Å². The van der Waals surface area contributed by atoms with Crippen molar-refractivity contribution in [1.82, 2.24) is 0 Å². The Hall–Kier alpha value is -0.640. The normalized spacial score (nSPS) is 6.00. The van der Waals surface area contributed by atoms with Crippen LogP contribution in [0.25, 0.3) is 0 Å². The first-order valence-electron chi connectivity index (χ1n) is 1.58. The number of rotatable bonds is 1. The minimum atomic E-state index is -0.625. The highest BCUT2D eigenvalue weighted by molar-refractivity contribution is 5.32. The van der Waals surface area contributed by atoms with Gasteiger partial charge in [-0.3, -0.25) is 4.79 Å². The maximum atomic E-state index is 10.5. The molecule has 0 saturated carbocycles. The number of alkyl halides is 1. The van der Waals surface area contributed by atoms with E-state index in [0.29, 0.717) is 0 Å². The molecule has 0 aromatic carbocycles. The summed E-state index contributed by atoms with van der Waals surface area (Å²) in [5, 5.41) is 14.4. The van der Waals surface area contributed by atoms with E-state index in [1.54, 1.807) is 0 Å². The average Bonchev–Trinajstić information content (AvgIpc) is 1.69. The fourth-order valence-corrected chi connectivity index (χ4v) is 0. The van der Waals surface area contributed by atoms with Crippen molar-refractivity contribution in [2.75, 3.05) is 13.3 Å². The molecule has 0 aliphatic heterocycles. The zero-order valence-electron chi connectivity index (χ0n) is 3.67. The molecule has 0 radical (unpaired) electrons. The minimum absolute atomic E-state index is 0.250. The van der Waals surface area contributed by atoms with Gasteiger partial charge in [-0.2, -0.15) is 0 Å². The first-order chi connectivity index (χ1) is 3.33. The standard InChI is InChI=1S/C2H5FO.CH2O2/c3-1-2-4;2-1-3/h4H,1-2H2;1H,(H,2,3). The number of hydrogen-bond acceptors (Lipinski definition) is 2. The first kappa shape index (κ1) is 9.61. The lowest BCUT2D eigenvalue weighted by molar-refractivity contribution is -0.122. The lowest BCUT2D eigenvalue weighted by Gasteiger charge is -1.66. The quantitative estimate of drug-likeness (QED) is 0.453. The van der Waals surface area contributed by atoms with Crippen LogP contribution in [0.3, 0.4) is 0 Å². The molecule has 3 nitrogen and oxygen atoms in total. The van der Waals surface area contributed by atoms with Crippen LogP contribution in [0, 0.1) is 0 Å². The summed E-state index contributed by atoms with van der Waals surface area (Å²) in [7, 11) is 0. The van der Waals surface area contributed by atoms with Gasteiger partial charge in [-0.05, 0) is 0 Å². The van der Waals surface area contributed by atoms with Crippen LogP contribution in [0.1, 0.15) is 0 Å². The summed E-state index contributed by atoms with van der Waals surface area (Å²) in [4.78, 5) is 8.36. The molecule has 7 heavy (non-hydrogen) atoms. The van der Waals surface area contributed by atoms with E-state index in [2.05, 4.69) is 0 Å². The first-order valence-corrected chi connectivity index (χ1v) is 1.58. The Morgan fingerprint density at radius 2 is 1.86 bits per heavy atom. The van der Waals surface area contributed by atoms with Gasteiger partial charge in [-0.25, -0.2) is 4.39 Å². The molecule has 0 atom stereocenters. The molecule has 0 amide bonds. The molecule has 4 heteroatoms. The molecule has 44 valence electrons. The van der Waals surface area contributed by atoms with Gasteiger partial charge in [0.25, 0.3) is 6.47 Å². The van der Waals surface area contributed by atoms with Crippen LogP contribution >= 0.6 is 0 Å². The van der Waals surface area contributed by atoms with Crippen LogP contribution in [0.4, 0.5) is 4.39 Å². The maximum absolute atomic E-state index is 10.5. The summed E-state index contributed by atoms with van der Waals surface area (Å²) >= 11 is 0.